The van der Waals surface area contributed by atoms with E-state index in [1.165, 1.54) is 4.68 Å². The molecule has 4 N–H and O–H groups in total. The average Bonchev–Trinajstić information content (AvgIpc) is 3.86. The second-order valence-corrected chi connectivity index (χ2v) is 12.9. The monoisotopic (exact) mass is 575 g/mol. The fourth-order valence-electron chi connectivity index (χ4n) is 7.01. The lowest BCUT2D eigenvalue weighted by Crippen LogP contribution is -2.60. The molecule has 1 aromatic carbocycles. The van der Waals surface area contributed by atoms with Gasteiger partial charge < -0.3 is 26.2 Å². The number of hydrogen-bond acceptors (Lipinski definition) is 5. The molecule has 0 bridgehead atoms. The van der Waals surface area contributed by atoms with Crippen molar-refractivity contribution in [3.05, 3.63) is 47.3 Å². The molecule has 3 atom stereocenters. The third-order valence-corrected chi connectivity index (χ3v) is 9.68. The number of amides is 5. The molecular weight excluding hydrogens is 534 g/mol. The Morgan fingerprint density at radius 3 is 2.31 bits per heavy atom. The van der Waals surface area contributed by atoms with Gasteiger partial charge in [0.25, 0.3) is 5.91 Å². The first-order valence-corrected chi connectivity index (χ1v) is 15.1. The fourth-order valence-corrected chi connectivity index (χ4v) is 7.01. The molecule has 1 unspecified atom stereocenters. The lowest BCUT2D eigenvalue weighted by Gasteiger charge is -2.36. The first-order chi connectivity index (χ1) is 20.1. The summed E-state index contributed by atoms with van der Waals surface area (Å²) in [5.74, 6) is 0.480. The van der Waals surface area contributed by atoms with E-state index in [0.717, 1.165) is 36.8 Å². The largest absolute Gasteiger partial charge is 0.357 e. The number of aryl methyl sites for hydroxylation is 1. The number of anilines is 1. The van der Waals surface area contributed by atoms with E-state index < -0.39 is 11.6 Å². The van der Waals surface area contributed by atoms with E-state index in [2.05, 4.69) is 40.2 Å². The van der Waals surface area contributed by atoms with Crippen LogP contribution in [0.4, 0.5) is 10.5 Å². The molecule has 5 amide bonds. The van der Waals surface area contributed by atoms with Crippen LogP contribution in [0.3, 0.4) is 0 Å². The summed E-state index contributed by atoms with van der Waals surface area (Å²) in [6.45, 7) is 4.58. The number of nitrogens with one attached hydrogen (secondary N) is 4. The maximum Gasteiger partial charge on any atom is 0.318 e. The highest BCUT2D eigenvalue weighted by Crippen LogP contribution is 2.51. The number of rotatable bonds is 10. The molecule has 224 valence electrons. The van der Waals surface area contributed by atoms with Crippen LogP contribution < -0.4 is 21.3 Å². The number of benzene rings is 1. The molecule has 4 aliphatic rings. The standard InChI is InChI=1S/C31H41N7O4/c1-17(2)23-16-38(30(42)35-23)31(29(41)32-3)14-20-9-10-22(13-21(20)15-31)34-28(40)26(25(18-5-6-18)19-7-8-19)36-27(39)24-11-12-33-37(24)4/h9-13,17-19,23,25-26H,5-8,14-16H2,1-4H3,(H,32,41)(H,34,40)(H,35,42)(H,36,39)/t23-,26+,31?/m0/s1. The van der Waals surface area contributed by atoms with Crippen molar-refractivity contribution in [2.24, 2.45) is 30.7 Å². The molecule has 0 radical (unpaired) electrons. The summed E-state index contributed by atoms with van der Waals surface area (Å²) in [7, 11) is 3.31. The molecule has 42 heavy (non-hydrogen) atoms. The molecule has 2 heterocycles. The third-order valence-electron chi connectivity index (χ3n) is 9.68. The summed E-state index contributed by atoms with van der Waals surface area (Å²) in [5, 5.41) is 16.1. The van der Waals surface area contributed by atoms with Crippen LogP contribution in [0.1, 0.15) is 61.1 Å². The lowest BCUT2D eigenvalue weighted by atomic mass is 9.88. The zero-order chi connectivity index (χ0) is 29.8. The first kappa shape index (κ1) is 28.2. The van der Waals surface area contributed by atoms with Gasteiger partial charge in [0.2, 0.25) is 11.8 Å². The second-order valence-electron chi connectivity index (χ2n) is 12.9. The Labute approximate surface area is 246 Å². The molecular formula is C31H41N7O4. The van der Waals surface area contributed by atoms with Crippen molar-refractivity contribution in [2.45, 2.75) is 70.0 Å². The molecule has 3 fully saturated rings. The van der Waals surface area contributed by atoms with Gasteiger partial charge in [0, 0.05) is 45.4 Å². The van der Waals surface area contributed by atoms with E-state index >= 15 is 0 Å². The number of fused-ring (bicyclic) bond motifs is 1. The number of carbonyl (C=O) groups is 4. The summed E-state index contributed by atoms with van der Waals surface area (Å²) >= 11 is 0. The van der Waals surface area contributed by atoms with Gasteiger partial charge in [-0.15, -0.1) is 0 Å². The predicted molar refractivity (Wildman–Crippen MR) is 157 cm³/mol. The van der Waals surface area contributed by atoms with Crippen molar-refractivity contribution in [1.29, 1.82) is 0 Å². The second kappa shape index (κ2) is 10.7. The zero-order valence-electron chi connectivity index (χ0n) is 24.8. The fraction of sp³-hybridized carbons (Fsp3) is 0.581. The van der Waals surface area contributed by atoms with Crippen LogP contribution in [0.25, 0.3) is 0 Å². The number of aromatic nitrogens is 2. The van der Waals surface area contributed by atoms with E-state index in [1.807, 2.05) is 18.2 Å². The van der Waals surface area contributed by atoms with Gasteiger partial charge >= 0.3 is 6.03 Å². The highest BCUT2D eigenvalue weighted by molar-refractivity contribution is 6.01. The normalized spacial score (nSPS) is 24.0. The highest BCUT2D eigenvalue weighted by atomic mass is 16.2. The lowest BCUT2D eigenvalue weighted by molar-refractivity contribution is -0.130. The number of hydrogen-bond donors (Lipinski definition) is 4. The topological polar surface area (TPSA) is 137 Å². The van der Waals surface area contributed by atoms with Crippen LogP contribution in [-0.2, 0) is 29.5 Å². The van der Waals surface area contributed by atoms with Crippen molar-refractivity contribution in [2.75, 3.05) is 18.9 Å². The number of urea groups is 1. The summed E-state index contributed by atoms with van der Waals surface area (Å²) in [6, 6.07) is 6.43. The molecule has 0 spiro atoms. The molecule has 6 rings (SSSR count). The number of likely N-dealkylation sites (N-methyl/N-ethyl adjacent to an activating group) is 1. The SMILES string of the molecule is CNC(=O)C1(N2C[C@@H](C(C)C)NC2=O)Cc2ccc(NC(=O)[C@H](NC(=O)c3ccnn3C)C(C3CC3)C3CC3)cc2C1. The zero-order valence-corrected chi connectivity index (χ0v) is 24.8. The predicted octanol–water partition coefficient (Wildman–Crippen LogP) is 2.23. The van der Waals surface area contributed by atoms with Gasteiger partial charge in [-0.1, -0.05) is 19.9 Å². The van der Waals surface area contributed by atoms with Crippen molar-refractivity contribution < 1.29 is 19.2 Å². The van der Waals surface area contributed by atoms with Crippen molar-refractivity contribution in [1.82, 2.24) is 30.6 Å². The molecule has 11 heteroatoms. The summed E-state index contributed by atoms with van der Waals surface area (Å²) in [5.41, 5.74) is 1.89. The van der Waals surface area contributed by atoms with Gasteiger partial charge in [-0.25, -0.2) is 4.79 Å². The Bertz CT molecular complexity index is 1400. The van der Waals surface area contributed by atoms with Gasteiger partial charge in [-0.05, 0) is 78.7 Å². The minimum atomic E-state index is -1.03. The van der Waals surface area contributed by atoms with E-state index in [4.69, 9.17) is 0 Å². The van der Waals surface area contributed by atoms with E-state index in [-0.39, 0.29) is 41.6 Å². The van der Waals surface area contributed by atoms with Gasteiger partial charge in [-0.3, -0.25) is 19.1 Å². The average molecular weight is 576 g/mol. The quantitative estimate of drug-likeness (QED) is 0.344. The number of nitrogens with zero attached hydrogens (tertiary/aromatic N) is 3. The maximum atomic E-state index is 13.9. The summed E-state index contributed by atoms with van der Waals surface area (Å²) < 4.78 is 1.51. The Balaban J connectivity index is 1.23. The highest BCUT2D eigenvalue weighted by Gasteiger charge is 2.53. The van der Waals surface area contributed by atoms with E-state index in [9.17, 15) is 19.2 Å². The van der Waals surface area contributed by atoms with Gasteiger partial charge in [0.15, 0.2) is 0 Å². The van der Waals surface area contributed by atoms with Crippen molar-refractivity contribution >= 4 is 29.4 Å². The maximum absolute atomic E-state index is 13.9. The van der Waals surface area contributed by atoms with Crippen LogP contribution >= 0.6 is 0 Å². The Morgan fingerprint density at radius 2 is 1.74 bits per heavy atom. The smallest absolute Gasteiger partial charge is 0.318 e. The van der Waals surface area contributed by atoms with Crippen LogP contribution in [0.5, 0.6) is 0 Å². The molecule has 1 saturated heterocycles. The van der Waals surface area contributed by atoms with Crippen molar-refractivity contribution in [3.8, 4) is 0 Å². The summed E-state index contributed by atoms with van der Waals surface area (Å²) in [6.07, 6.45) is 6.65. The van der Waals surface area contributed by atoms with Crippen molar-refractivity contribution in [3.63, 3.8) is 0 Å². The molecule has 2 aromatic rings. The van der Waals surface area contributed by atoms with Crippen LogP contribution in [0.15, 0.2) is 30.5 Å². The molecule has 11 nitrogen and oxygen atoms in total. The molecule has 2 saturated carbocycles. The van der Waals surface area contributed by atoms with Gasteiger partial charge in [0.1, 0.15) is 17.3 Å². The van der Waals surface area contributed by atoms with E-state index in [1.54, 1.807) is 31.3 Å². The minimum Gasteiger partial charge on any atom is -0.357 e. The van der Waals surface area contributed by atoms with Crippen LogP contribution in [-0.4, -0.2) is 69.6 Å². The molecule has 1 aliphatic heterocycles. The van der Waals surface area contributed by atoms with E-state index in [0.29, 0.717) is 42.6 Å². The molecule has 3 aliphatic carbocycles. The third kappa shape index (κ3) is 5.13. The first-order valence-electron chi connectivity index (χ1n) is 15.1. The van der Waals surface area contributed by atoms with Crippen LogP contribution in [0.2, 0.25) is 0 Å². The molecule has 1 aromatic heterocycles. The number of carbonyl (C=O) groups excluding carboxylic acids is 4. The Morgan fingerprint density at radius 1 is 1.05 bits per heavy atom. The Hall–Kier alpha value is -3.89. The van der Waals surface area contributed by atoms with Gasteiger partial charge in [0.05, 0.1) is 6.04 Å². The minimum absolute atomic E-state index is 0.0260. The van der Waals surface area contributed by atoms with Crippen LogP contribution in [0, 0.1) is 23.7 Å². The summed E-state index contributed by atoms with van der Waals surface area (Å²) in [4.78, 5) is 55.2. The van der Waals surface area contributed by atoms with Gasteiger partial charge in [-0.2, -0.15) is 5.10 Å². The Kier molecular flexibility index (Phi) is 7.22.